The van der Waals surface area contributed by atoms with E-state index in [0.717, 1.165) is 19.1 Å². The minimum Gasteiger partial charge on any atom is -0.399 e. The van der Waals surface area contributed by atoms with Crippen LogP contribution in [-0.4, -0.2) is 30.8 Å². The molecule has 0 saturated carbocycles. The van der Waals surface area contributed by atoms with Crippen molar-refractivity contribution in [3.05, 3.63) is 59.4 Å². The van der Waals surface area contributed by atoms with Crippen LogP contribution >= 0.6 is 0 Å². The van der Waals surface area contributed by atoms with Gasteiger partial charge in [-0.05, 0) is 43.3 Å². The predicted octanol–water partition coefficient (Wildman–Crippen LogP) is 3.00. The zero-order valence-electron chi connectivity index (χ0n) is 15.0. The third-order valence-electron chi connectivity index (χ3n) is 3.88. The first-order valence-electron chi connectivity index (χ1n) is 7.97. The van der Waals surface area contributed by atoms with E-state index in [0.29, 0.717) is 11.8 Å². The van der Waals surface area contributed by atoms with E-state index in [9.17, 15) is 31.5 Å². The van der Waals surface area contributed by atoms with Crippen LogP contribution in [0.15, 0.2) is 47.4 Å². The molecule has 0 spiro atoms. The summed E-state index contributed by atoms with van der Waals surface area (Å²) in [6.07, 6.45) is -4.83. The van der Waals surface area contributed by atoms with Gasteiger partial charge in [-0.15, -0.1) is 0 Å². The average Bonchev–Trinajstić information content (AvgIpc) is 2.60. The monoisotopic (exact) mass is 427 g/mol. The van der Waals surface area contributed by atoms with Crippen molar-refractivity contribution in [2.45, 2.75) is 23.6 Å². The summed E-state index contributed by atoms with van der Waals surface area (Å²) in [5.41, 5.74) is 1.09. The van der Waals surface area contributed by atoms with E-state index in [1.54, 1.807) is 0 Å². The lowest BCUT2D eigenvalue weighted by molar-refractivity contribution is -0.137. The fourth-order valence-electron chi connectivity index (χ4n) is 2.40. The Labute approximate surface area is 164 Å². The Morgan fingerprint density at radius 1 is 1.21 bits per heavy atom. The van der Waals surface area contributed by atoms with E-state index >= 15 is 0 Å². The highest BCUT2D eigenvalue weighted by Gasteiger charge is 2.38. The summed E-state index contributed by atoms with van der Waals surface area (Å²) >= 11 is 0. The topological polar surface area (TPSA) is 114 Å². The molecule has 4 N–H and O–H groups in total. The van der Waals surface area contributed by atoms with Gasteiger partial charge in [0.25, 0.3) is 5.91 Å². The molecule has 154 valence electrons. The summed E-state index contributed by atoms with van der Waals surface area (Å²) < 4.78 is 63.9. The molecule has 2 aromatic carbocycles. The van der Waals surface area contributed by atoms with Crippen LogP contribution in [0.1, 0.15) is 12.5 Å². The number of anilines is 2. The first kappa shape index (κ1) is 22.2. The molecule has 7 nitrogen and oxygen atoms in total. The van der Waals surface area contributed by atoms with Crippen molar-refractivity contribution in [1.82, 2.24) is 0 Å². The van der Waals surface area contributed by atoms with E-state index < -0.39 is 44.5 Å². The number of halogens is 3. The average molecular weight is 427 g/mol. The van der Waals surface area contributed by atoms with Crippen LogP contribution in [0.3, 0.4) is 0 Å². The first-order valence-corrected chi connectivity index (χ1v) is 9.62. The lowest BCUT2D eigenvalue weighted by Gasteiger charge is -2.22. The number of benzene rings is 2. The number of aliphatic hydroxyl groups is 1. The van der Waals surface area contributed by atoms with Gasteiger partial charge < -0.3 is 16.2 Å². The Morgan fingerprint density at radius 3 is 2.31 bits per heavy atom. The van der Waals surface area contributed by atoms with Gasteiger partial charge in [-0.3, -0.25) is 4.79 Å². The van der Waals surface area contributed by atoms with Crippen molar-refractivity contribution < 1.29 is 31.5 Å². The second-order valence-corrected chi connectivity index (χ2v) is 8.39. The number of carbonyl (C=O) groups excluding carboxylic acids is 1. The van der Waals surface area contributed by atoms with E-state index in [-0.39, 0.29) is 10.6 Å². The second-order valence-electron chi connectivity index (χ2n) is 6.40. The van der Waals surface area contributed by atoms with Gasteiger partial charge in [0.05, 0.1) is 22.8 Å². The van der Waals surface area contributed by atoms with Gasteiger partial charge in [0.15, 0.2) is 21.1 Å². The van der Waals surface area contributed by atoms with Crippen molar-refractivity contribution in [2.24, 2.45) is 0 Å². The first-order chi connectivity index (χ1) is 13.3. The third-order valence-corrected chi connectivity index (χ3v) is 5.81. The summed E-state index contributed by atoms with van der Waals surface area (Å²) in [6, 6.07) is 7.53. The van der Waals surface area contributed by atoms with Crippen molar-refractivity contribution in [3.63, 3.8) is 0 Å². The number of hydrogen-bond acceptors (Lipinski definition) is 5. The van der Waals surface area contributed by atoms with Crippen LogP contribution in [0, 0.1) is 6.57 Å². The molecule has 0 aliphatic heterocycles. The number of amides is 1. The van der Waals surface area contributed by atoms with Gasteiger partial charge in [0, 0.05) is 11.4 Å². The van der Waals surface area contributed by atoms with Crippen LogP contribution in [-0.2, 0) is 20.8 Å². The zero-order chi connectivity index (χ0) is 22.0. The smallest absolute Gasteiger partial charge is 0.399 e. The summed E-state index contributed by atoms with van der Waals surface area (Å²) in [7, 11) is -4.10. The molecule has 0 aliphatic carbocycles. The molecule has 2 aromatic rings. The Morgan fingerprint density at radius 2 is 1.79 bits per heavy atom. The molecular formula is C18H16F3N3O4S. The van der Waals surface area contributed by atoms with Crippen LogP contribution in [0.2, 0.25) is 0 Å². The van der Waals surface area contributed by atoms with E-state index in [1.165, 1.54) is 24.3 Å². The molecular weight excluding hydrogens is 411 g/mol. The summed E-state index contributed by atoms with van der Waals surface area (Å²) in [6.45, 7) is 7.72. The maximum atomic E-state index is 13.0. The molecule has 1 atom stereocenters. The minimum absolute atomic E-state index is 0.180. The minimum atomic E-state index is -4.83. The molecule has 0 radical (unpaired) electrons. The molecule has 1 amide bonds. The molecule has 2 rings (SSSR count). The fraction of sp³-hybridized carbons (Fsp3) is 0.222. The Hall–Kier alpha value is -3.10. The second kappa shape index (κ2) is 7.73. The van der Waals surface area contributed by atoms with Gasteiger partial charge in [-0.1, -0.05) is 6.07 Å². The van der Waals surface area contributed by atoms with Crippen LogP contribution in [0.25, 0.3) is 4.85 Å². The largest absolute Gasteiger partial charge is 0.407 e. The molecule has 0 saturated heterocycles. The summed E-state index contributed by atoms with van der Waals surface area (Å²) in [5.74, 6) is -2.23. The van der Waals surface area contributed by atoms with E-state index in [2.05, 4.69) is 10.2 Å². The number of hydrogen-bond donors (Lipinski definition) is 3. The maximum absolute atomic E-state index is 13.0. The van der Waals surface area contributed by atoms with Gasteiger partial charge in [-0.2, -0.15) is 13.2 Å². The highest BCUT2D eigenvalue weighted by atomic mass is 32.2. The highest BCUT2D eigenvalue weighted by Crippen LogP contribution is 2.38. The number of nitrogens with zero attached hydrogens (tertiary/aromatic N) is 1. The van der Waals surface area contributed by atoms with Gasteiger partial charge in [0.2, 0.25) is 0 Å². The van der Waals surface area contributed by atoms with Crippen LogP contribution < -0.4 is 11.1 Å². The Balaban J connectivity index is 2.25. The lowest BCUT2D eigenvalue weighted by Crippen LogP contribution is -2.45. The van der Waals surface area contributed by atoms with Crippen LogP contribution in [0.4, 0.5) is 30.2 Å². The lowest BCUT2D eigenvalue weighted by atomic mass is 10.1. The number of sulfone groups is 1. The highest BCUT2D eigenvalue weighted by molar-refractivity contribution is 7.91. The van der Waals surface area contributed by atoms with Crippen molar-refractivity contribution in [2.75, 3.05) is 16.8 Å². The number of alkyl halides is 3. The van der Waals surface area contributed by atoms with Crippen molar-refractivity contribution >= 4 is 32.8 Å². The fourth-order valence-corrected chi connectivity index (χ4v) is 3.99. The molecule has 0 aliphatic rings. The summed E-state index contributed by atoms with van der Waals surface area (Å²) in [5, 5.41) is 12.4. The number of carbonyl (C=O) groups is 1. The number of rotatable bonds is 5. The summed E-state index contributed by atoms with van der Waals surface area (Å²) in [4.78, 5) is 14.9. The Kier molecular flexibility index (Phi) is 5.91. The number of nitrogen functional groups attached to an aromatic ring is 1. The SMILES string of the molecule is [C-]#[N+]c1ccc(NC(=O)[C@@](C)(O)CS(=O)(=O)c2ccc(N)cc2)cc1C(F)(F)F. The van der Waals surface area contributed by atoms with Crippen molar-refractivity contribution in [3.8, 4) is 0 Å². The standard InChI is InChI=1S/C18H16F3N3O4S/c1-17(26,10-29(27,28)13-6-3-11(22)4-7-13)16(25)24-12-5-8-15(23-2)14(9-12)18(19,20)21/h3-9,26H,10,22H2,1H3,(H,24,25)/t17-/m0/s1. The van der Waals surface area contributed by atoms with E-state index in [1.807, 2.05) is 0 Å². The predicted molar refractivity (Wildman–Crippen MR) is 99.9 cm³/mol. The van der Waals surface area contributed by atoms with E-state index in [4.69, 9.17) is 12.3 Å². The maximum Gasteiger partial charge on any atom is 0.407 e. The van der Waals surface area contributed by atoms with Gasteiger partial charge >= 0.3 is 6.18 Å². The van der Waals surface area contributed by atoms with Crippen LogP contribution in [0.5, 0.6) is 0 Å². The van der Waals surface area contributed by atoms with Gasteiger partial charge in [0.1, 0.15) is 0 Å². The molecule has 11 heteroatoms. The molecule has 29 heavy (non-hydrogen) atoms. The molecule has 0 bridgehead atoms. The number of nitrogens with one attached hydrogen (secondary N) is 1. The van der Waals surface area contributed by atoms with Crippen molar-refractivity contribution in [1.29, 1.82) is 0 Å². The molecule has 0 aromatic heterocycles. The third kappa shape index (κ3) is 5.24. The van der Waals surface area contributed by atoms with Gasteiger partial charge in [-0.25, -0.2) is 13.3 Å². The Bertz CT molecular complexity index is 1070. The molecule has 0 heterocycles. The molecule has 0 fully saturated rings. The quantitative estimate of drug-likeness (QED) is 0.501. The molecule has 0 unspecified atom stereocenters. The normalized spacial score (nSPS) is 13.9. The number of nitrogens with two attached hydrogens (primary N) is 1. The zero-order valence-corrected chi connectivity index (χ0v) is 15.8.